The Morgan fingerprint density at radius 3 is 2.33 bits per heavy atom. The average molecular weight is 168 g/mol. The van der Waals surface area contributed by atoms with Crippen LogP contribution in [-0.2, 0) is 0 Å². The van der Waals surface area contributed by atoms with Crippen LogP contribution < -0.4 is 0 Å². The Bertz CT molecular complexity index is 232. The van der Waals surface area contributed by atoms with E-state index in [0.717, 1.165) is 12.0 Å². The van der Waals surface area contributed by atoms with Gasteiger partial charge in [-0.1, -0.05) is 26.0 Å². The molecule has 0 aliphatic heterocycles. The van der Waals surface area contributed by atoms with E-state index in [1.807, 2.05) is 0 Å². The van der Waals surface area contributed by atoms with E-state index < -0.39 is 0 Å². The first-order chi connectivity index (χ1) is 5.46. The fourth-order valence-electron chi connectivity index (χ4n) is 2.85. The molecule has 2 saturated carbocycles. The van der Waals surface area contributed by atoms with Crippen molar-refractivity contribution in [1.82, 2.24) is 0 Å². The van der Waals surface area contributed by atoms with Gasteiger partial charge in [-0.3, -0.25) is 0 Å². The van der Waals surface area contributed by atoms with E-state index >= 15 is 0 Å². The lowest BCUT2D eigenvalue weighted by atomic mass is 9.72. The molecule has 2 N–H and O–H groups in total. The predicted octanol–water partition coefficient (Wildman–Crippen LogP) is 0.940. The highest BCUT2D eigenvalue weighted by molar-refractivity contribution is 5.28. The van der Waals surface area contributed by atoms with Gasteiger partial charge in [0.05, 0.1) is 12.2 Å². The average Bonchev–Trinajstić information content (AvgIpc) is 2.31. The van der Waals surface area contributed by atoms with Crippen LogP contribution in [0.25, 0.3) is 0 Å². The standard InChI is InChI=1S/C10H16O2/c1-5-8-7(11)4-6(9(8)12)10(5,2)3/h6-9,11-12H,1,4H2,2-3H3/t6-,7+,8+,9-/m1/s1. The van der Waals surface area contributed by atoms with Crippen molar-refractivity contribution in [2.75, 3.05) is 0 Å². The highest BCUT2D eigenvalue weighted by atomic mass is 16.3. The van der Waals surface area contributed by atoms with Gasteiger partial charge in [-0.2, -0.15) is 0 Å². The van der Waals surface area contributed by atoms with E-state index in [1.54, 1.807) is 0 Å². The molecule has 2 aliphatic carbocycles. The molecule has 0 aromatic heterocycles. The zero-order valence-electron chi connectivity index (χ0n) is 7.62. The van der Waals surface area contributed by atoms with Crippen LogP contribution in [0, 0.1) is 17.3 Å². The van der Waals surface area contributed by atoms with Gasteiger partial charge in [0.2, 0.25) is 0 Å². The van der Waals surface area contributed by atoms with E-state index in [-0.39, 0.29) is 29.5 Å². The molecule has 2 fully saturated rings. The summed E-state index contributed by atoms with van der Waals surface area (Å²) in [5.41, 5.74) is 1.04. The first-order valence-electron chi connectivity index (χ1n) is 4.51. The van der Waals surface area contributed by atoms with Gasteiger partial charge < -0.3 is 10.2 Å². The van der Waals surface area contributed by atoms with Crippen LogP contribution in [0.1, 0.15) is 20.3 Å². The Hall–Kier alpha value is -0.340. The predicted molar refractivity (Wildman–Crippen MR) is 46.5 cm³/mol. The summed E-state index contributed by atoms with van der Waals surface area (Å²) in [6.07, 6.45) is 0.0192. The molecular weight excluding hydrogens is 152 g/mol. The maximum absolute atomic E-state index is 9.78. The summed E-state index contributed by atoms with van der Waals surface area (Å²) in [5, 5.41) is 19.4. The molecule has 0 amide bonds. The quantitative estimate of drug-likeness (QED) is 0.528. The van der Waals surface area contributed by atoms with Gasteiger partial charge in [0.1, 0.15) is 0 Å². The van der Waals surface area contributed by atoms with Gasteiger partial charge >= 0.3 is 0 Å². The minimum absolute atomic E-state index is 0.0172. The van der Waals surface area contributed by atoms with Crippen LogP contribution in [0.3, 0.4) is 0 Å². The summed E-state index contributed by atoms with van der Waals surface area (Å²) in [5.74, 6) is 0.148. The molecule has 4 atom stereocenters. The number of aliphatic hydroxyl groups excluding tert-OH is 2. The fourth-order valence-corrected chi connectivity index (χ4v) is 2.85. The number of hydrogen-bond donors (Lipinski definition) is 2. The fraction of sp³-hybridized carbons (Fsp3) is 0.800. The molecule has 2 bridgehead atoms. The lowest BCUT2D eigenvalue weighted by Gasteiger charge is -2.33. The maximum Gasteiger partial charge on any atom is 0.0667 e. The van der Waals surface area contributed by atoms with Crippen molar-refractivity contribution in [2.45, 2.75) is 32.5 Å². The van der Waals surface area contributed by atoms with Crippen molar-refractivity contribution in [3.8, 4) is 0 Å². The Morgan fingerprint density at radius 1 is 1.42 bits per heavy atom. The van der Waals surface area contributed by atoms with Crippen molar-refractivity contribution in [2.24, 2.45) is 17.3 Å². The molecule has 12 heavy (non-hydrogen) atoms. The highest BCUT2D eigenvalue weighted by Gasteiger charge is 2.58. The number of rotatable bonds is 0. The van der Waals surface area contributed by atoms with E-state index in [9.17, 15) is 10.2 Å². The Morgan fingerprint density at radius 2 is 2.00 bits per heavy atom. The second-order valence-electron chi connectivity index (χ2n) is 4.67. The SMILES string of the molecule is C=C1[C@@H]2[C@H](O)[C@@H](C[C@@H]2O)C1(C)C. The summed E-state index contributed by atoms with van der Waals surface area (Å²) < 4.78 is 0. The Labute approximate surface area is 72.9 Å². The minimum Gasteiger partial charge on any atom is -0.392 e. The van der Waals surface area contributed by atoms with Crippen LogP contribution in [0.15, 0.2) is 12.2 Å². The van der Waals surface area contributed by atoms with Gasteiger partial charge in [-0.25, -0.2) is 0 Å². The third-order valence-electron chi connectivity index (χ3n) is 3.85. The van der Waals surface area contributed by atoms with Crippen molar-refractivity contribution in [3.05, 3.63) is 12.2 Å². The molecule has 0 heterocycles. The molecule has 2 heteroatoms. The number of hydrogen-bond acceptors (Lipinski definition) is 2. The number of fused-ring (bicyclic) bond motifs is 2. The van der Waals surface area contributed by atoms with E-state index in [1.165, 1.54) is 0 Å². The third kappa shape index (κ3) is 0.723. The third-order valence-corrected chi connectivity index (χ3v) is 3.85. The molecule has 68 valence electrons. The van der Waals surface area contributed by atoms with Crippen LogP contribution in [0.2, 0.25) is 0 Å². The molecule has 2 aliphatic rings. The summed E-state index contributed by atoms with van der Waals surface area (Å²) in [6.45, 7) is 8.18. The summed E-state index contributed by atoms with van der Waals surface area (Å²) >= 11 is 0. The zero-order valence-corrected chi connectivity index (χ0v) is 7.62. The molecule has 0 aromatic rings. The van der Waals surface area contributed by atoms with Gasteiger partial charge in [0, 0.05) is 5.92 Å². The normalized spacial score (nSPS) is 50.2. The Kier molecular flexibility index (Phi) is 1.46. The molecule has 0 saturated heterocycles. The lowest BCUT2D eigenvalue weighted by molar-refractivity contribution is 0.0912. The van der Waals surface area contributed by atoms with E-state index in [4.69, 9.17) is 0 Å². The first-order valence-corrected chi connectivity index (χ1v) is 4.51. The molecular formula is C10H16O2. The molecule has 0 spiro atoms. The monoisotopic (exact) mass is 168 g/mol. The molecule has 0 radical (unpaired) electrons. The van der Waals surface area contributed by atoms with E-state index in [0.29, 0.717) is 0 Å². The van der Waals surface area contributed by atoms with Gasteiger partial charge in [-0.15, -0.1) is 0 Å². The summed E-state index contributed by atoms with van der Waals surface area (Å²) in [4.78, 5) is 0. The lowest BCUT2D eigenvalue weighted by Crippen LogP contribution is -2.29. The second kappa shape index (κ2) is 2.12. The van der Waals surface area contributed by atoms with E-state index in [2.05, 4.69) is 20.4 Å². The second-order valence-corrected chi connectivity index (χ2v) is 4.67. The highest BCUT2D eigenvalue weighted by Crippen LogP contribution is 2.58. The Balaban J connectivity index is 2.39. The summed E-state index contributed by atoms with van der Waals surface area (Å²) in [6, 6.07) is 0. The van der Waals surface area contributed by atoms with Gasteiger partial charge in [-0.05, 0) is 17.8 Å². The number of aliphatic hydroxyl groups is 2. The topological polar surface area (TPSA) is 40.5 Å². The van der Waals surface area contributed by atoms with Crippen LogP contribution in [0.5, 0.6) is 0 Å². The molecule has 0 aromatic carbocycles. The van der Waals surface area contributed by atoms with Crippen molar-refractivity contribution < 1.29 is 10.2 Å². The van der Waals surface area contributed by atoms with Crippen molar-refractivity contribution in [3.63, 3.8) is 0 Å². The molecule has 2 rings (SSSR count). The smallest absolute Gasteiger partial charge is 0.0667 e. The van der Waals surface area contributed by atoms with Crippen molar-refractivity contribution in [1.29, 1.82) is 0 Å². The van der Waals surface area contributed by atoms with Crippen LogP contribution in [0.4, 0.5) is 0 Å². The zero-order chi connectivity index (χ0) is 9.09. The van der Waals surface area contributed by atoms with Crippen LogP contribution in [-0.4, -0.2) is 22.4 Å². The van der Waals surface area contributed by atoms with Crippen LogP contribution >= 0.6 is 0 Å². The largest absolute Gasteiger partial charge is 0.392 e. The minimum atomic E-state index is -0.359. The summed E-state index contributed by atoms with van der Waals surface area (Å²) in [7, 11) is 0. The molecule has 2 nitrogen and oxygen atoms in total. The first kappa shape index (κ1) is 8.27. The maximum atomic E-state index is 9.78. The van der Waals surface area contributed by atoms with Gasteiger partial charge in [0.25, 0.3) is 0 Å². The van der Waals surface area contributed by atoms with Crippen molar-refractivity contribution >= 4 is 0 Å². The van der Waals surface area contributed by atoms with Gasteiger partial charge in [0.15, 0.2) is 0 Å². The molecule has 0 unspecified atom stereocenters.